The number of hydrogen-bond acceptors (Lipinski definition) is 5. The fourth-order valence-corrected chi connectivity index (χ4v) is 3.10. The van der Waals surface area contributed by atoms with Crippen molar-refractivity contribution in [3.63, 3.8) is 0 Å². The monoisotopic (exact) mass is 340 g/mol. The van der Waals surface area contributed by atoms with E-state index in [0.717, 1.165) is 36.4 Å². The van der Waals surface area contributed by atoms with Gasteiger partial charge in [0.25, 0.3) is 0 Å². The first-order valence-corrected chi connectivity index (χ1v) is 8.65. The molecule has 1 aliphatic rings. The van der Waals surface area contributed by atoms with E-state index < -0.39 is 0 Å². The average molecular weight is 340 g/mol. The van der Waals surface area contributed by atoms with E-state index in [4.69, 9.17) is 4.74 Å². The molecule has 1 atom stereocenters. The molecular formula is C19H24N4O2. The maximum atomic E-state index is 12.1. The molecule has 0 spiro atoms. The second-order valence-corrected chi connectivity index (χ2v) is 6.36. The number of piperidine rings is 1. The lowest BCUT2D eigenvalue weighted by molar-refractivity contribution is -0.131. The Hall–Kier alpha value is -2.47. The van der Waals surface area contributed by atoms with Gasteiger partial charge in [0.2, 0.25) is 11.8 Å². The highest BCUT2D eigenvalue weighted by atomic mass is 16.5. The van der Waals surface area contributed by atoms with E-state index in [2.05, 4.69) is 15.3 Å². The van der Waals surface area contributed by atoms with Crippen LogP contribution in [-0.2, 0) is 4.79 Å². The molecule has 1 aromatic heterocycles. The average Bonchev–Trinajstić information content (AvgIpc) is 2.64. The minimum absolute atomic E-state index is 0.132. The molecule has 1 amide bonds. The molecule has 6 heteroatoms. The predicted molar refractivity (Wildman–Crippen MR) is 95.8 cm³/mol. The minimum Gasteiger partial charge on any atom is -0.437 e. The van der Waals surface area contributed by atoms with E-state index in [9.17, 15) is 4.79 Å². The van der Waals surface area contributed by atoms with Crippen LogP contribution < -0.4 is 10.1 Å². The van der Waals surface area contributed by atoms with Crippen LogP contribution in [0.5, 0.6) is 11.6 Å². The second kappa shape index (κ2) is 8.07. The number of nitrogens with one attached hydrogen (secondary N) is 1. The molecule has 132 valence electrons. The number of ether oxygens (including phenoxy) is 1. The van der Waals surface area contributed by atoms with Crippen LogP contribution in [0.4, 0.5) is 0 Å². The normalized spacial score (nSPS) is 17.4. The first kappa shape index (κ1) is 17.4. The van der Waals surface area contributed by atoms with Crippen LogP contribution >= 0.6 is 0 Å². The molecular weight excluding hydrogens is 316 g/mol. The number of rotatable bonds is 5. The third-order valence-electron chi connectivity index (χ3n) is 4.46. The van der Waals surface area contributed by atoms with Crippen molar-refractivity contribution >= 4 is 5.91 Å². The molecule has 0 unspecified atom stereocenters. The van der Waals surface area contributed by atoms with Crippen LogP contribution in [-0.4, -0.2) is 47.5 Å². The maximum Gasteiger partial charge on any atom is 0.238 e. The number of aromatic nitrogens is 2. The van der Waals surface area contributed by atoms with Crippen molar-refractivity contribution in [3.05, 3.63) is 47.9 Å². The van der Waals surface area contributed by atoms with Gasteiger partial charge in [-0.15, -0.1) is 0 Å². The van der Waals surface area contributed by atoms with Gasteiger partial charge in [-0.05, 0) is 38.4 Å². The Morgan fingerprint density at radius 2 is 2.20 bits per heavy atom. The zero-order valence-electron chi connectivity index (χ0n) is 14.7. The minimum atomic E-state index is 0.132. The first-order chi connectivity index (χ1) is 12.2. The molecule has 1 fully saturated rings. The van der Waals surface area contributed by atoms with Gasteiger partial charge >= 0.3 is 0 Å². The summed E-state index contributed by atoms with van der Waals surface area (Å²) in [6, 6.07) is 7.83. The van der Waals surface area contributed by atoms with Gasteiger partial charge in [-0.25, -0.2) is 4.98 Å². The largest absolute Gasteiger partial charge is 0.437 e. The molecule has 1 N–H and O–H groups in total. The number of nitrogens with zero attached hydrogens (tertiary/aromatic N) is 3. The predicted octanol–water partition coefficient (Wildman–Crippen LogP) is 2.50. The number of carbonyl (C=O) groups is 1. The van der Waals surface area contributed by atoms with Gasteiger partial charge in [0.15, 0.2) is 0 Å². The summed E-state index contributed by atoms with van der Waals surface area (Å²) in [5, 5.41) is 2.92. The highest BCUT2D eigenvalue weighted by molar-refractivity contribution is 5.78. The van der Waals surface area contributed by atoms with E-state index in [-0.39, 0.29) is 11.8 Å². The van der Waals surface area contributed by atoms with E-state index in [0.29, 0.717) is 19.0 Å². The Balaban J connectivity index is 1.72. The number of hydrogen-bond donors (Lipinski definition) is 1. The van der Waals surface area contributed by atoms with Gasteiger partial charge in [-0.1, -0.05) is 18.2 Å². The van der Waals surface area contributed by atoms with Crippen LogP contribution in [0.15, 0.2) is 36.7 Å². The highest BCUT2D eigenvalue weighted by Gasteiger charge is 2.25. The summed E-state index contributed by atoms with van der Waals surface area (Å²) >= 11 is 0. The molecule has 1 aromatic carbocycles. The number of likely N-dealkylation sites (N-methyl/N-ethyl adjacent to an activating group) is 1. The van der Waals surface area contributed by atoms with Crippen molar-refractivity contribution in [1.29, 1.82) is 0 Å². The van der Waals surface area contributed by atoms with E-state index in [1.54, 1.807) is 19.4 Å². The Bertz CT molecular complexity index is 735. The first-order valence-electron chi connectivity index (χ1n) is 8.65. The van der Waals surface area contributed by atoms with Crippen molar-refractivity contribution in [2.24, 2.45) is 0 Å². The lowest BCUT2D eigenvalue weighted by atomic mass is 9.95. The third-order valence-corrected chi connectivity index (χ3v) is 4.46. The number of amides is 1. The van der Waals surface area contributed by atoms with Crippen LogP contribution in [0, 0.1) is 6.92 Å². The zero-order chi connectivity index (χ0) is 17.6. The van der Waals surface area contributed by atoms with Gasteiger partial charge in [0, 0.05) is 25.2 Å². The topological polar surface area (TPSA) is 67.4 Å². The fraction of sp³-hybridized carbons (Fsp3) is 0.421. The molecule has 1 aliphatic heterocycles. The summed E-state index contributed by atoms with van der Waals surface area (Å²) in [5.41, 5.74) is 1.93. The number of carbonyl (C=O) groups excluding carboxylic acids is 1. The van der Waals surface area contributed by atoms with Gasteiger partial charge in [0.1, 0.15) is 5.75 Å². The Morgan fingerprint density at radius 1 is 1.36 bits per heavy atom. The van der Waals surface area contributed by atoms with Crippen molar-refractivity contribution < 1.29 is 9.53 Å². The lowest BCUT2D eigenvalue weighted by Crippen LogP contribution is -2.43. The van der Waals surface area contributed by atoms with E-state index >= 15 is 0 Å². The van der Waals surface area contributed by atoms with Crippen molar-refractivity contribution in [3.8, 4) is 11.6 Å². The molecule has 1 saturated heterocycles. The van der Waals surface area contributed by atoms with Crippen molar-refractivity contribution in [1.82, 2.24) is 20.2 Å². The number of benzene rings is 1. The van der Waals surface area contributed by atoms with Gasteiger partial charge in [-0.2, -0.15) is 0 Å². The molecule has 0 radical (unpaired) electrons. The van der Waals surface area contributed by atoms with Crippen LogP contribution in [0.2, 0.25) is 0 Å². The Morgan fingerprint density at radius 3 is 3.00 bits per heavy atom. The molecule has 25 heavy (non-hydrogen) atoms. The number of likely N-dealkylation sites (tertiary alicyclic amines) is 1. The van der Waals surface area contributed by atoms with E-state index in [1.165, 1.54) is 0 Å². The van der Waals surface area contributed by atoms with Crippen molar-refractivity contribution in [2.45, 2.75) is 25.7 Å². The standard InChI is InChI=1S/C19H24N4O2/c1-14-6-3-4-8-17(14)25-18-11-21-10-16(22-18)15-7-5-9-23(13-15)19(24)12-20-2/h3-4,6,8,10-11,15,20H,5,7,9,12-13H2,1-2H3/t15-/m1/s1. The molecule has 0 aliphatic carbocycles. The van der Waals surface area contributed by atoms with Gasteiger partial charge in [0.05, 0.1) is 18.4 Å². The summed E-state index contributed by atoms with van der Waals surface area (Å²) in [6.07, 6.45) is 5.39. The third kappa shape index (κ3) is 4.33. The maximum absolute atomic E-state index is 12.1. The molecule has 0 saturated carbocycles. The summed E-state index contributed by atoms with van der Waals surface area (Å²) in [4.78, 5) is 23.0. The molecule has 2 heterocycles. The quantitative estimate of drug-likeness (QED) is 0.906. The highest BCUT2D eigenvalue weighted by Crippen LogP contribution is 2.28. The van der Waals surface area contributed by atoms with Crippen LogP contribution in [0.3, 0.4) is 0 Å². The van der Waals surface area contributed by atoms with E-state index in [1.807, 2.05) is 36.1 Å². The zero-order valence-corrected chi connectivity index (χ0v) is 14.7. The Kier molecular flexibility index (Phi) is 5.60. The molecule has 2 aromatic rings. The summed E-state index contributed by atoms with van der Waals surface area (Å²) in [6.45, 7) is 3.86. The van der Waals surface area contributed by atoms with Crippen LogP contribution in [0.1, 0.15) is 30.0 Å². The smallest absolute Gasteiger partial charge is 0.238 e. The SMILES string of the molecule is CNCC(=O)N1CCC[C@@H](c2cncc(Oc3ccccc3C)n2)C1. The second-order valence-electron chi connectivity index (χ2n) is 6.36. The summed E-state index contributed by atoms with van der Waals surface area (Å²) in [7, 11) is 1.79. The number of para-hydroxylation sites is 1. The van der Waals surface area contributed by atoms with Gasteiger partial charge < -0.3 is 15.0 Å². The molecule has 6 nitrogen and oxygen atoms in total. The number of aryl methyl sites for hydroxylation is 1. The lowest BCUT2D eigenvalue weighted by Gasteiger charge is -2.32. The molecule has 0 bridgehead atoms. The van der Waals surface area contributed by atoms with Gasteiger partial charge in [-0.3, -0.25) is 9.78 Å². The summed E-state index contributed by atoms with van der Waals surface area (Å²) in [5.74, 6) is 1.60. The molecule has 3 rings (SSSR count). The fourth-order valence-electron chi connectivity index (χ4n) is 3.10. The summed E-state index contributed by atoms with van der Waals surface area (Å²) < 4.78 is 5.89. The van der Waals surface area contributed by atoms with Crippen molar-refractivity contribution in [2.75, 3.05) is 26.7 Å². The van der Waals surface area contributed by atoms with Crippen LogP contribution in [0.25, 0.3) is 0 Å². The Labute approximate surface area is 148 Å².